The smallest absolute Gasteiger partial charge is 0.310 e. The Morgan fingerprint density at radius 1 is 1.63 bits per heavy atom. The highest BCUT2D eigenvalue weighted by molar-refractivity contribution is 5.70. The van der Waals surface area contributed by atoms with E-state index in [0.717, 1.165) is 26.1 Å². The largest absolute Gasteiger partial charge is 0.366 e. The lowest BCUT2D eigenvalue weighted by molar-refractivity contribution is -0.384. The van der Waals surface area contributed by atoms with E-state index in [-0.39, 0.29) is 11.3 Å². The van der Waals surface area contributed by atoms with Gasteiger partial charge in [-0.2, -0.15) is 5.26 Å². The summed E-state index contributed by atoms with van der Waals surface area (Å²) in [6, 6.07) is 6.81. The Hall–Kier alpha value is -2.13. The van der Waals surface area contributed by atoms with Crippen molar-refractivity contribution in [1.82, 2.24) is 5.32 Å². The van der Waals surface area contributed by atoms with E-state index >= 15 is 0 Å². The van der Waals surface area contributed by atoms with Crippen molar-refractivity contribution in [2.24, 2.45) is 5.92 Å². The number of nitriles is 1. The van der Waals surface area contributed by atoms with Crippen molar-refractivity contribution in [3.63, 3.8) is 0 Å². The van der Waals surface area contributed by atoms with E-state index in [4.69, 9.17) is 5.26 Å². The second-order valence-corrected chi connectivity index (χ2v) is 4.70. The fourth-order valence-corrected chi connectivity index (χ4v) is 2.58. The van der Waals surface area contributed by atoms with Crippen LogP contribution in [0.5, 0.6) is 0 Å². The van der Waals surface area contributed by atoms with Crippen molar-refractivity contribution < 1.29 is 4.92 Å². The van der Waals surface area contributed by atoms with E-state index in [1.807, 2.05) is 18.0 Å². The number of nitro benzene ring substituents is 1. The number of rotatable bonds is 4. The minimum Gasteiger partial charge on any atom is -0.366 e. The molecule has 1 aliphatic rings. The number of hydrogen-bond acceptors (Lipinski definition) is 5. The maximum absolute atomic E-state index is 11.2. The zero-order chi connectivity index (χ0) is 13.8. The van der Waals surface area contributed by atoms with Gasteiger partial charge in [-0.15, -0.1) is 0 Å². The minimum atomic E-state index is -0.459. The molecule has 0 spiro atoms. The Labute approximate surface area is 111 Å². The highest BCUT2D eigenvalue weighted by atomic mass is 16.6. The number of nitrogens with one attached hydrogen (secondary N) is 1. The number of nitrogens with zero attached hydrogens (tertiary/aromatic N) is 3. The highest BCUT2D eigenvalue weighted by Crippen LogP contribution is 2.34. The van der Waals surface area contributed by atoms with Crippen molar-refractivity contribution in [3.05, 3.63) is 33.9 Å². The van der Waals surface area contributed by atoms with Gasteiger partial charge < -0.3 is 10.2 Å². The van der Waals surface area contributed by atoms with Gasteiger partial charge in [-0.1, -0.05) is 6.07 Å². The molecule has 19 heavy (non-hydrogen) atoms. The molecule has 0 bridgehead atoms. The van der Waals surface area contributed by atoms with Crippen LogP contribution in [-0.2, 0) is 0 Å². The van der Waals surface area contributed by atoms with Crippen molar-refractivity contribution in [2.75, 3.05) is 31.6 Å². The fraction of sp³-hybridized carbons (Fsp3) is 0.462. The van der Waals surface area contributed by atoms with E-state index in [2.05, 4.69) is 5.32 Å². The molecule has 1 N–H and O–H groups in total. The topological polar surface area (TPSA) is 82.2 Å². The van der Waals surface area contributed by atoms with Crippen LogP contribution < -0.4 is 10.2 Å². The molecule has 1 atom stereocenters. The van der Waals surface area contributed by atoms with Gasteiger partial charge in [0.1, 0.15) is 17.3 Å². The van der Waals surface area contributed by atoms with Gasteiger partial charge in [0, 0.05) is 13.1 Å². The van der Waals surface area contributed by atoms with Crippen molar-refractivity contribution in [3.8, 4) is 6.07 Å². The summed E-state index contributed by atoms with van der Waals surface area (Å²) >= 11 is 0. The highest BCUT2D eigenvalue weighted by Gasteiger charge is 2.29. The minimum absolute atomic E-state index is 0.0740. The molecular weight excluding hydrogens is 244 g/mol. The summed E-state index contributed by atoms with van der Waals surface area (Å²) in [5.74, 6) is 0.496. The molecular formula is C13H16N4O2. The lowest BCUT2D eigenvalue weighted by Gasteiger charge is -2.18. The maximum atomic E-state index is 11.2. The molecule has 1 unspecified atom stereocenters. The number of para-hydroxylation sites is 1. The van der Waals surface area contributed by atoms with Gasteiger partial charge >= 0.3 is 5.69 Å². The van der Waals surface area contributed by atoms with Crippen LogP contribution in [0.3, 0.4) is 0 Å². The van der Waals surface area contributed by atoms with Crippen LogP contribution in [0.15, 0.2) is 18.2 Å². The molecule has 1 heterocycles. The molecule has 2 rings (SSSR count). The number of hydrogen-bond donors (Lipinski definition) is 1. The molecule has 1 aliphatic heterocycles. The predicted octanol–water partition coefficient (Wildman–Crippen LogP) is 1.51. The third kappa shape index (κ3) is 2.66. The predicted molar refractivity (Wildman–Crippen MR) is 72.1 cm³/mol. The first-order chi connectivity index (χ1) is 9.17. The summed E-state index contributed by atoms with van der Waals surface area (Å²) in [5.41, 5.74) is 0.609. The van der Waals surface area contributed by atoms with Crippen LogP contribution in [0.4, 0.5) is 11.4 Å². The lowest BCUT2D eigenvalue weighted by atomic mass is 10.1. The van der Waals surface area contributed by atoms with Crippen LogP contribution in [0.25, 0.3) is 0 Å². The van der Waals surface area contributed by atoms with Gasteiger partial charge in [-0.05, 0) is 38.1 Å². The van der Waals surface area contributed by atoms with Crippen LogP contribution in [0, 0.1) is 27.4 Å². The Bertz CT molecular complexity index is 524. The molecule has 6 heteroatoms. The molecule has 0 aromatic heterocycles. The van der Waals surface area contributed by atoms with E-state index in [1.54, 1.807) is 12.1 Å². The molecule has 1 aromatic carbocycles. The summed E-state index contributed by atoms with van der Waals surface area (Å²) in [7, 11) is 1.90. The third-order valence-corrected chi connectivity index (χ3v) is 3.44. The zero-order valence-electron chi connectivity index (χ0n) is 10.8. The Balaban J connectivity index is 2.31. The maximum Gasteiger partial charge on any atom is 0.310 e. The van der Waals surface area contributed by atoms with Crippen LogP contribution in [0.2, 0.25) is 0 Å². The van der Waals surface area contributed by atoms with Gasteiger partial charge in [0.15, 0.2) is 0 Å². The number of nitro groups is 1. The first kappa shape index (κ1) is 13.3. The lowest BCUT2D eigenvalue weighted by Crippen LogP contribution is -2.25. The normalized spacial score (nSPS) is 18.3. The van der Waals surface area contributed by atoms with Crippen molar-refractivity contribution in [2.45, 2.75) is 6.42 Å². The van der Waals surface area contributed by atoms with Gasteiger partial charge in [-0.3, -0.25) is 10.1 Å². The van der Waals surface area contributed by atoms with Crippen LogP contribution in [0.1, 0.15) is 12.0 Å². The van der Waals surface area contributed by atoms with E-state index in [1.165, 1.54) is 6.07 Å². The van der Waals surface area contributed by atoms with E-state index in [0.29, 0.717) is 11.6 Å². The van der Waals surface area contributed by atoms with Gasteiger partial charge in [0.05, 0.1) is 4.92 Å². The molecule has 0 aliphatic carbocycles. The zero-order valence-corrected chi connectivity index (χ0v) is 10.8. The van der Waals surface area contributed by atoms with E-state index < -0.39 is 4.92 Å². The summed E-state index contributed by atoms with van der Waals surface area (Å²) < 4.78 is 0. The monoisotopic (exact) mass is 260 g/mol. The molecule has 1 aromatic rings. The first-order valence-corrected chi connectivity index (χ1v) is 6.24. The standard InChI is InChI=1S/C13H16N4O2/c1-15-8-10-5-6-16(9-10)12-4-2-3-11(7-14)13(12)17(18)19/h2-4,10,15H,5-6,8-9H2,1H3. The van der Waals surface area contributed by atoms with Crippen LogP contribution in [-0.4, -0.2) is 31.6 Å². The molecule has 1 saturated heterocycles. The Morgan fingerprint density at radius 2 is 2.42 bits per heavy atom. The molecule has 6 nitrogen and oxygen atoms in total. The second-order valence-electron chi connectivity index (χ2n) is 4.70. The van der Waals surface area contributed by atoms with Crippen molar-refractivity contribution in [1.29, 1.82) is 5.26 Å². The molecule has 0 amide bonds. The van der Waals surface area contributed by atoms with Crippen LogP contribution >= 0.6 is 0 Å². The Morgan fingerprint density at radius 3 is 3.05 bits per heavy atom. The van der Waals surface area contributed by atoms with Gasteiger partial charge in [0.25, 0.3) is 0 Å². The van der Waals surface area contributed by atoms with Gasteiger partial charge in [0.2, 0.25) is 0 Å². The summed E-state index contributed by atoms with van der Waals surface area (Å²) in [6.45, 7) is 2.49. The second kappa shape index (κ2) is 5.67. The molecule has 100 valence electrons. The van der Waals surface area contributed by atoms with Crippen molar-refractivity contribution >= 4 is 11.4 Å². The summed E-state index contributed by atoms with van der Waals surface area (Å²) in [5, 5.41) is 23.3. The average Bonchev–Trinajstić information content (AvgIpc) is 2.86. The quantitative estimate of drug-likeness (QED) is 0.655. The SMILES string of the molecule is CNCC1CCN(c2cccc(C#N)c2[N+](=O)[O-])C1. The van der Waals surface area contributed by atoms with Gasteiger partial charge in [-0.25, -0.2) is 0 Å². The average molecular weight is 260 g/mol. The first-order valence-electron chi connectivity index (χ1n) is 6.24. The molecule has 1 fully saturated rings. The Kier molecular flexibility index (Phi) is 3.97. The van der Waals surface area contributed by atoms with E-state index in [9.17, 15) is 10.1 Å². The number of benzene rings is 1. The fourth-order valence-electron chi connectivity index (χ4n) is 2.58. The number of anilines is 1. The molecule has 0 radical (unpaired) electrons. The summed E-state index contributed by atoms with van der Waals surface area (Å²) in [6.07, 6.45) is 1.01. The molecule has 0 saturated carbocycles. The third-order valence-electron chi connectivity index (χ3n) is 3.44. The summed E-state index contributed by atoms with van der Waals surface area (Å²) in [4.78, 5) is 12.7.